The Hall–Kier alpha value is -0.180. The molecule has 0 amide bonds. The van der Waals surface area contributed by atoms with Crippen molar-refractivity contribution in [3.8, 4) is 0 Å². The third-order valence-electron chi connectivity index (χ3n) is 2.96. The van der Waals surface area contributed by atoms with Gasteiger partial charge in [-0.25, -0.2) is 0 Å². The summed E-state index contributed by atoms with van der Waals surface area (Å²) in [4.78, 5) is 4.81. The average molecular weight is 212 g/mol. The van der Waals surface area contributed by atoms with Gasteiger partial charge >= 0.3 is 0 Å². The van der Waals surface area contributed by atoms with Crippen molar-refractivity contribution in [3.63, 3.8) is 0 Å². The second-order valence-electron chi connectivity index (χ2n) is 4.44. The summed E-state index contributed by atoms with van der Waals surface area (Å²) in [7, 11) is 0. The van der Waals surface area contributed by atoms with Gasteiger partial charge in [0.15, 0.2) is 5.17 Å². The number of nitrogens with zero attached hydrogens (tertiary/aromatic N) is 1. The van der Waals surface area contributed by atoms with Gasteiger partial charge in [-0.3, -0.25) is 4.99 Å². The zero-order valence-electron chi connectivity index (χ0n) is 8.96. The van der Waals surface area contributed by atoms with Gasteiger partial charge in [0.05, 0.1) is 6.04 Å². The summed E-state index contributed by atoms with van der Waals surface area (Å²) in [5.41, 5.74) is 0. The first-order valence-electron chi connectivity index (χ1n) is 5.82. The first kappa shape index (κ1) is 10.3. The van der Waals surface area contributed by atoms with E-state index in [0.717, 1.165) is 0 Å². The van der Waals surface area contributed by atoms with E-state index in [2.05, 4.69) is 12.2 Å². The van der Waals surface area contributed by atoms with Crippen LogP contribution in [0.5, 0.6) is 0 Å². The summed E-state index contributed by atoms with van der Waals surface area (Å²) < 4.78 is 0. The van der Waals surface area contributed by atoms with E-state index in [1.54, 1.807) is 0 Å². The highest BCUT2D eigenvalue weighted by atomic mass is 32.2. The molecule has 1 N–H and O–H groups in total. The third kappa shape index (κ3) is 2.91. The third-order valence-corrected chi connectivity index (χ3v) is 4.13. The molecule has 1 unspecified atom stereocenters. The molecule has 80 valence electrons. The summed E-state index contributed by atoms with van der Waals surface area (Å²) in [6.07, 6.45) is 8.19. The molecule has 0 aromatic carbocycles. The lowest BCUT2D eigenvalue weighted by Crippen LogP contribution is -2.24. The fraction of sp³-hybridized carbons (Fsp3) is 0.909. The van der Waals surface area contributed by atoms with Gasteiger partial charge in [-0.15, -0.1) is 0 Å². The molecule has 0 radical (unpaired) electrons. The normalized spacial score (nSPS) is 32.9. The number of rotatable bonds is 1. The van der Waals surface area contributed by atoms with Crippen molar-refractivity contribution in [1.82, 2.24) is 5.32 Å². The quantitative estimate of drug-likeness (QED) is 0.676. The minimum atomic E-state index is 0.609. The van der Waals surface area contributed by atoms with Gasteiger partial charge in [0.2, 0.25) is 0 Å². The van der Waals surface area contributed by atoms with Crippen LogP contribution in [0.2, 0.25) is 0 Å². The molecule has 2 aliphatic rings. The second kappa shape index (κ2) is 5.06. The van der Waals surface area contributed by atoms with Gasteiger partial charge in [0.1, 0.15) is 0 Å². The SMILES string of the molecule is CC1CSC(=NC2CCCCCC2)N1. The maximum absolute atomic E-state index is 4.81. The average Bonchev–Trinajstić information content (AvgIpc) is 2.43. The number of hydrogen-bond acceptors (Lipinski definition) is 2. The molecule has 0 spiro atoms. The van der Waals surface area contributed by atoms with Crippen molar-refractivity contribution in [2.24, 2.45) is 4.99 Å². The molecule has 0 aromatic rings. The molecule has 2 rings (SSSR count). The Labute approximate surface area is 90.9 Å². The van der Waals surface area contributed by atoms with Gasteiger partial charge in [-0.2, -0.15) is 0 Å². The molecule has 2 fully saturated rings. The largest absolute Gasteiger partial charge is 0.362 e. The van der Waals surface area contributed by atoms with E-state index in [1.807, 2.05) is 11.8 Å². The zero-order chi connectivity index (χ0) is 9.80. The minimum absolute atomic E-state index is 0.609. The zero-order valence-corrected chi connectivity index (χ0v) is 9.78. The Morgan fingerprint density at radius 1 is 1.21 bits per heavy atom. The molecule has 1 aliphatic heterocycles. The Bertz CT molecular complexity index is 207. The minimum Gasteiger partial charge on any atom is -0.362 e. The van der Waals surface area contributed by atoms with Crippen LogP contribution in [0.1, 0.15) is 45.4 Å². The molecular weight excluding hydrogens is 192 g/mol. The molecule has 1 saturated heterocycles. The molecule has 1 aliphatic carbocycles. The van der Waals surface area contributed by atoms with E-state index in [1.165, 1.54) is 49.4 Å². The molecule has 2 nitrogen and oxygen atoms in total. The van der Waals surface area contributed by atoms with Crippen molar-refractivity contribution in [3.05, 3.63) is 0 Å². The highest BCUT2D eigenvalue weighted by Crippen LogP contribution is 2.22. The van der Waals surface area contributed by atoms with Crippen LogP contribution >= 0.6 is 11.8 Å². The predicted molar refractivity (Wildman–Crippen MR) is 64.0 cm³/mol. The maximum atomic E-state index is 4.81. The second-order valence-corrected chi connectivity index (χ2v) is 5.44. The monoisotopic (exact) mass is 212 g/mol. The van der Waals surface area contributed by atoms with Crippen LogP contribution in [-0.2, 0) is 0 Å². The van der Waals surface area contributed by atoms with Gasteiger partial charge < -0.3 is 5.32 Å². The van der Waals surface area contributed by atoms with Gasteiger partial charge in [-0.1, -0.05) is 37.4 Å². The molecule has 14 heavy (non-hydrogen) atoms. The van der Waals surface area contributed by atoms with Crippen LogP contribution in [-0.4, -0.2) is 23.0 Å². The van der Waals surface area contributed by atoms with Crippen molar-refractivity contribution in [2.75, 3.05) is 5.75 Å². The lowest BCUT2D eigenvalue weighted by atomic mass is 10.1. The first-order valence-corrected chi connectivity index (χ1v) is 6.80. The highest BCUT2D eigenvalue weighted by molar-refractivity contribution is 8.14. The number of thioether (sulfide) groups is 1. The van der Waals surface area contributed by atoms with Crippen LogP contribution < -0.4 is 5.32 Å². The maximum Gasteiger partial charge on any atom is 0.157 e. The Kier molecular flexibility index (Phi) is 3.74. The fourth-order valence-corrected chi connectivity index (χ4v) is 3.12. The van der Waals surface area contributed by atoms with Crippen molar-refractivity contribution < 1.29 is 0 Å². The lowest BCUT2D eigenvalue weighted by Gasteiger charge is -2.09. The fourth-order valence-electron chi connectivity index (χ4n) is 2.13. The highest BCUT2D eigenvalue weighted by Gasteiger charge is 2.18. The van der Waals surface area contributed by atoms with E-state index in [9.17, 15) is 0 Å². The number of aliphatic imine (C=N–C) groups is 1. The molecule has 3 heteroatoms. The number of hydrogen-bond donors (Lipinski definition) is 1. The van der Waals surface area contributed by atoms with Crippen LogP contribution in [0.25, 0.3) is 0 Å². The van der Waals surface area contributed by atoms with E-state index < -0.39 is 0 Å². The summed E-state index contributed by atoms with van der Waals surface area (Å²) in [6, 6.07) is 1.22. The van der Waals surface area contributed by atoms with Gasteiger partial charge in [-0.05, 0) is 19.8 Å². The summed E-state index contributed by atoms with van der Waals surface area (Å²) in [5.74, 6) is 1.19. The Balaban J connectivity index is 1.88. The summed E-state index contributed by atoms with van der Waals surface area (Å²) >= 11 is 1.89. The lowest BCUT2D eigenvalue weighted by molar-refractivity contribution is 0.583. The van der Waals surface area contributed by atoms with E-state index in [0.29, 0.717) is 12.1 Å². The van der Waals surface area contributed by atoms with Gasteiger partial charge in [0, 0.05) is 11.8 Å². The van der Waals surface area contributed by atoms with E-state index in [4.69, 9.17) is 4.99 Å². The van der Waals surface area contributed by atoms with Crippen LogP contribution in [0.3, 0.4) is 0 Å². The molecule has 1 saturated carbocycles. The van der Waals surface area contributed by atoms with Crippen LogP contribution in [0.4, 0.5) is 0 Å². The predicted octanol–water partition coefficient (Wildman–Crippen LogP) is 2.79. The van der Waals surface area contributed by atoms with E-state index in [-0.39, 0.29) is 0 Å². The van der Waals surface area contributed by atoms with Crippen molar-refractivity contribution in [2.45, 2.75) is 57.5 Å². The number of nitrogens with one attached hydrogen (secondary N) is 1. The first-order chi connectivity index (χ1) is 6.84. The number of amidine groups is 1. The molecular formula is C11H20N2S. The topological polar surface area (TPSA) is 24.4 Å². The molecule has 0 bridgehead atoms. The summed E-state index contributed by atoms with van der Waals surface area (Å²) in [5, 5.41) is 4.63. The Morgan fingerprint density at radius 3 is 2.50 bits per heavy atom. The van der Waals surface area contributed by atoms with Crippen LogP contribution in [0, 0.1) is 0 Å². The summed E-state index contributed by atoms with van der Waals surface area (Å²) in [6.45, 7) is 2.22. The smallest absolute Gasteiger partial charge is 0.157 e. The standard InChI is InChI=1S/C11H20N2S/c1-9-8-14-11(12-9)13-10-6-4-2-3-5-7-10/h9-10H,2-8H2,1H3,(H,12,13). The van der Waals surface area contributed by atoms with Crippen molar-refractivity contribution >= 4 is 16.9 Å². The van der Waals surface area contributed by atoms with Crippen molar-refractivity contribution in [1.29, 1.82) is 0 Å². The van der Waals surface area contributed by atoms with Gasteiger partial charge in [0.25, 0.3) is 0 Å². The van der Waals surface area contributed by atoms with Crippen LogP contribution in [0.15, 0.2) is 4.99 Å². The van der Waals surface area contributed by atoms with E-state index >= 15 is 0 Å². The molecule has 1 atom stereocenters. The Morgan fingerprint density at radius 2 is 1.93 bits per heavy atom. The molecule has 1 heterocycles. The molecule has 0 aromatic heterocycles.